The largest absolute Gasteiger partial charge is 0.319 e. The lowest BCUT2D eigenvalue weighted by molar-refractivity contribution is -0.138. The van der Waals surface area contributed by atoms with Gasteiger partial charge in [0, 0.05) is 24.9 Å². The Kier molecular flexibility index (Phi) is 3.20. The zero-order valence-electron chi connectivity index (χ0n) is 10.5. The van der Waals surface area contributed by atoms with Crippen molar-refractivity contribution in [2.45, 2.75) is 13.0 Å². The van der Waals surface area contributed by atoms with Gasteiger partial charge >= 0.3 is 0 Å². The van der Waals surface area contributed by atoms with Crippen LogP contribution in [0.1, 0.15) is 17.3 Å². The second-order valence-corrected chi connectivity index (χ2v) is 4.39. The number of nitrogens with one attached hydrogen (secondary N) is 1. The van der Waals surface area contributed by atoms with Crippen molar-refractivity contribution in [1.29, 1.82) is 0 Å². The third-order valence-electron chi connectivity index (χ3n) is 3.04. The molecule has 7 nitrogen and oxygen atoms in total. The van der Waals surface area contributed by atoms with E-state index in [4.69, 9.17) is 0 Å². The van der Waals surface area contributed by atoms with Crippen molar-refractivity contribution in [3.05, 3.63) is 34.2 Å². The number of imide groups is 1. The first-order valence-electron chi connectivity index (χ1n) is 5.71. The van der Waals surface area contributed by atoms with Crippen LogP contribution in [0.15, 0.2) is 23.1 Å². The van der Waals surface area contributed by atoms with Crippen LogP contribution in [0.2, 0.25) is 0 Å². The first kappa shape index (κ1) is 13.0. The lowest BCUT2D eigenvalue weighted by Gasteiger charge is -2.31. The van der Waals surface area contributed by atoms with Gasteiger partial charge in [0.15, 0.2) is 0 Å². The third-order valence-corrected chi connectivity index (χ3v) is 3.04. The predicted octanol–water partition coefficient (Wildman–Crippen LogP) is -1.13. The van der Waals surface area contributed by atoms with Crippen molar-refractivity contribution in [2.24, 2.45) is 7.05 Å². The quantitative estimate of drug-likeness (QED) is 0.649. The molecule has 1 atom stereocenters. The average molecular weight is 263 g/mol. The number of nitrogens with zero attached hydrogens (tertiary/aromatic N) is 2. The summed E-state index contributed by atoms with van der Waals surface area (Å²) < 4.78 is 1.33. The summed E-state index contributed by atoms with van der Waals surface area (Å²) in [5.74, 6) is -1.55. The van der Waals surface area contributed by atoms with Gasteiger partial charge in [-0.15, -0.1) is 0 Å². The number of rotatable bonds is 1. The first-order valence-corrected chi connectivity index (χ1v) is 5.71. The van der Waals surface area contributed by atoms with Gasteiger partial charge in [0.25, 0.3) is 11.5 Å². The van der Waals surface area contributed by atoms with Gasteiger partial charge in [0.2, 0.25) is 11.8 Å². The Balaban J connectivity index is 2.32. The molecule has 0 saturated carbocycles. The Hall–Kier alpha value is -2.44. The van der Waals surface area contributed by atoms with Crippen molar-refractivity contribution in [3.8, 4) is 0 Å². The highest BCUT2D eigenvalue weighted by molar-refractivity contribution is 6.07. The second kappa shape index (κ2) is 4.68. The van der Waals surface area contributed by atoms with Gasteiger partial charge < -0.3 is 9.47 Å². The maximum absolute atomic E-state index is 12.2. The SMILES string of the molecule is CC1C(=O)NC(=O)CN1C(=O)c1ccn(C)c(=O)c1. The molecular formula is C12H13N3O4. The molecule has 0 bridgehead atoms. The fourth-order valence-electron chi connectivity index (χ4n) is 1.81. The summed E-state index contributed by atoms with van der Waals surface area (Å²) in [5, 5.41) is 2.15. The topological polar surface area (TPSA) is 88.5 Å². The predicted molar refractivity (Wildman–Crippen MR) is 65.3 cm³/mol. The van der Waals surface area contributed by atoms with Crippen molar-refractivity contribution in [1.82, 2.24) is 14.8 Å². The molecule has 0 radical (unpaired) electrons. The Labute approximate surface area is 108 Å². The van der Waals surface area contributed by atoms with E-state index in [0.717, 1.165) is 4.90 Å². The molecule has 3 amide bonds. The molecule has 1 aliphatic heterocycles. The van der Waals surface area contributed by atoms with Gasteiger partial charge in [-0.2, -0.15) is 0 Å². The average Bonchev–Trinajstić information content (AvgIpc) is 2.36. The van der Waals surface area contributed by atoms with E-state index in [-0.39, 0.29) is 17.7 Å². The molecule has 2 rings (SSSR count). The number of carbonyl (C=O) groups excluding carboxylic acids is 3. The molecule has 2 heterocycles. The molecule has 1 N–H and O–H groups in total. The fraction of sp³-hybridized carbons (Fsp3) is 0.333. The van der Waals surface area contributed by atoms with E-state index < -0.39 is 23.8 Å². The number of aromatic nitrogens is 1. The van der Waals surface area contributed by atoms with Gasteiger partial charge in [-0.1, -0.05) is 0 Å². The summed E-state index contributed by atoms with van der Waals surface area (Å²) in [5.41, 5.74) is -0.163. The minimum absolute atomic E-state index is 0.164. The number of amides is 3. The minimum atomic E-state index is -0.741. The lowest BCUT2D eigenvalue weighted by Crippen LogP contribution is -2.58. The Morgan fingerprint density at radius 3 is 2.68 bits per heavy atom. The van der Waals surface area contributed by atoms with Gasteiger partial charge in [-0.05, 0) is 13.0 Å². The molecular weight excluding hydrogens is 250 g/mol. The number of pyridine rings is 1. The molecule has 100 valence electrons. The van der Waals surface area contributed by atoms with Crippen LogP contribution in [0, 0.1) is 0 Å². The molecule has 1 aliphatic rings. The van der Waals surface area contributed by atoms with Crippen LogP contribution >= 0.6 is 0 Å². The van der Waals surface area contributed by atoms with Crippen LogP contribution in [0.4, 0.5) is 0 Å². The van der Waals surface area contributed by atoms with E-state index in [1.54, 1.807) is 7.05 Å². The number of aryl methyl sites for hydroxylation is 1. The molecule has 1 aromatic heterocycles. The third kappa shape index (κ3) is 2.40. The molecule has 1 saturated heterocycles. The monoisotopic (exact) mass is 263 g/mol. The van der Waals surface area contributed by atoms with Crippen LogP contribution in [-0.4, -0.2) is 39.8 Å². The summed E-state index contributed by atoms with van der Waals surface area (Å²) in [6.07, 6.45) is 1.46. The highest BCUT2D eigenvalue weighted by Gasteiger charge is 2.34. The van der Waals surface area contributed by atoms with Crippen molar-refractivity contribution < 1.29 is 14.4 Å². The number of piperazine rings is 1. The summed E-state index contributed by atoms with van der Waals surface area (Å²) in [7, 11) is 1.57. The van der Waals surface area contributed by atoms with Gasteiger partial charge in [0.05, 0.1) is 0 Å². The normalized spacial score (nSPS) is 19.3. The van der Waals surface area contributed by atoms with Crippen LogP contribution in [0.3, 0.4) is 0 Å². The van der Waals surface area contributed by atoms with Crippen LogP contribution in [0.25, 0.3) is 0 Å². The summed E-state index contributed by atoms with van der Waals surface area (Å²) >= 11 is 0. The highest BCUT2D eigenvalue weighted by Crippen LogP contribution is 2.10. The Morgan fingerprint density at radius 2 is 2.05 bits per heavy atom. The summed E-state index contributed by atoms with van der Waals surface area (Å²) in [4.78, 5) is 47.6. The number of carbonyl (C=O) groups is 3. The summed E-state index contributed by atoms with van der Waals surface area (Å²) in [6.45, 7) is 1.33. The Morgan fingerprint density at radius 1 is 1.37 bits per heavy atom. The van der Waals surface area contributed by atoms with Crippen molar-refractivity contribution >= 4 is 17.7 Å². The van der Waals surface area contributed by atoms with Gasteiger partial charge in [-0.25, -0.2) is 0 Å². The number of hydrogen-bond donors (Lipinski definition) is 1. The van der Waals surface area contributed by atoms with Crippen molar-refractivity contribution in [3.63, 3.8) is 0 Å². The molecule has 0 aromatic carbocycles. The Bertz CT molecular complexity index is 620. The highest BCUT2D eigenvalue weighted by atomic mass is 16.2. The van der Waals surface area contributed by atoms with Crippen LogP contribution < -0.4 is 10.9 Å². The molecule has 1 fully saturated rings. The maximum atomic E-state index is 12.2. The summed E-state index contributed by atoms with van der Waals surface area (Å²) in [6, 6.07) is 1.92. The van der Waals surface area contributed by atoms with Gasteiger partial charge in [0.1, 0.15) is 12.6 Å². The van der Waals surface area contributed by atoms with E-state index in [1.165, 1.54) is 29.8 Å². The van der Waals surface area contributed by atoms with E-state index in [0.29, 0.717) is 0 Å². The van der Waals surface area contributed by atoms with E-state index in [1.807, 2.05) is 0 Å². The zero-order valence-corrected chi connectivity index (χ0v) is 10.5. The standard InChI is InChI=1S/C12H13N3O4/c1-7-11(18)13-9(16)6-15(7)12(19)8-3-4-14(2)10(17)5-8/h3-5,7H,6H2,1-2H3,(H,13,16,18). The maximum Gasteiger partial charge on any atom is 0.255 e. The van der Waals surface area contributed by atoms with E-state index in [2.05, 4.69) is 5.32 Å². The van der Waals surface area contributed by atoms with Gasteiger partial charge in [-0.3, -0.25) is 24.5 Å². The second-order valence-electron chi connectivity index (χ2n) is 4.39. The van der Waals surface area contributed by atoms with Crippen molar-refractivity contribution in [2.75, 3.05) is 6.54 Å². The molecule has 7 heteroatoms. The first-order chi connectivity index (χ1) is 8.90. The fourth-order valence-corrected chi connectivity index (χ4v) is 1.81. The van der Waals surface area contributed by atoms with Crippen LogP contribution in [0.5, 0.6) is 0 Å². The minimum Gasteiger partial charge on any atom is -0.319 e. The lowest BCUT2D eigenvalue weighted by atomic mass is 10.1. The molecule has 0 aliphatic carbocycles. The molecule has 1 aromatic rings. The van der Waals surface area contributed by atoms with E-state index >= 15 is 0 Å². The zero-order chi connectivity index (χ0) is 14.2. The molecule has 0 spiro atoms. The molecule has 1 unspecified atom stereocenters. The van der Waals surface area contributed by atoms with Crippen LogP contribution in [-0.2, 0) is 16.6 Å². The molecule has 19 heavy (non-hydrogen) atoms. The van der Waals surface area contributed by atoms with E-state index in [9.17, 15) is 19.2 Å². The number of hydrogen-bond acceptors (Lipinski definition) is 4. The smallest absolute Gasteiger partial charge is 0.255 e.